The summed E-state index contributed by atoms with van der Waals surface area (Å²) in [6.07, 6.45) is 6.20. The zero-order chi connectivity index (χ0) is 21.2. The van der Waals surface area contributed by atoms with Gasteiger partial charge in [0.05, 0.1) is 43.1 Å². The van der Waals surface area contributed by atoms with E-state index in [2.05, 4.69) is 20.2 Å². The van der Waals surface area contributed by atoms with Crippen LogP contribution in [0.3, 0.4) is 0 Å². The summed E-state index contributed by atoms with van der Waals surface area (Å²) in [5, 5.41) is 13.3. The van der Waals surface area contributed by atoms with E-state index in [1.807, 2.05) is 22.9 Å². The third-order valence-electron chi connectivity index (χ3n) is 6.42. The lowest BCUT2D eigenvalue weighted by Crippen LogP contribution is -2.36. The molecule has 2 fully saturated rings. The van der Waals surface area contributed by atoms with Crippen LogP contribution < -0.4 is 10.2 Å². The van der Waals surface area contributed by atoms with Gasteiger partial charge in [-0.2, -0.15) is 0 Å². The van der Waals surface area contributed by atoms with Crippen molar-refractivity contribution in [1.82, 2.24) is 19.7 Å². The van der Waals surface area contributed by atoms with Gasteiger partial charge < -0.3 is 20.1 Å². The first-order chi connectivity index (χ1) is 15.2. The first-order valence-corrected chi connectivity index (χ1v) is 11.0. The second kappa shape index (κ2) is 8.90. The van der Waals surface area contributed by atoms with Crippen LogP contribution in [0.15, 0.2) is 30.6 Å². The fourth-order valence-electron chi connectivity index (χ4n) is 4.80. The number of fused-ring (bicyclic) bond motifs is 1. The smallest absolute Gasteiger partial charge is 0.234 e. The molecule has 3 aromatic rings. The number of aliphatic hydroxyl groups excluding tert-OH is 1. The Hall–Kier alpha value is -2.55. The molecule has 164 valence electrons. The molecule has 31 heavy (non-hydrogen) atoms. The number of hydrogen-bond donors (Lipinski definition) is 2. The number of anilines is 1. The fraction of sp³-hybridized carbons (Fsp3) is 0.478. The quantitative estimate of drug-likeness (QED) is 0.653. The van der Waals surface area contributed by atoms with E-state index in [0.29, 0.717) is 31.1 Å². The van der Waals surface area contributed by atoms with E-state index in [0.717, 1.165) is 61.5 Å². The molecule has 0 radical (unpaired) electrons. The predicted octanol–water partition coefficient (Wildman–Crippen LogP) is 2.26. The number of hydrogen-bond acceptors (Lipinski definition) is 6. The van der Waals surface area contributed by atoms with Gasteiger partial charge in [-0.25, -0.2) is 14.4 Å². The summed E-state index contributed by atoms with van der Waals surface area (Å²) >= 11 is 0. The summed E-state index contributed by atoms with van der Waals surface area (Å²) in [4.78, 5) is 11.3. The number of aliphatic hydroxyl groups is 1. The third kappa shape index (κ3) is 4.03. The van der Waals surface area contributed by atoms with Gasteiger partial charge in [-0.15, -0.1) is 0 Å². The number of nitrogens with one attached hydrogen (secondary N) is 1. The Morgan fingerprint density at radius 1 is 1.19 bits per heavy atom. The fourth-order valence-corrected chi connectivity index (χ4v) is 4.80. The molecular weight excluding hydrogens is 397 g/mol. The highest BCUT2D eigenvalue weighted by molar-refractivity contribution is 5.49. The van der Waals surface area contributed by atoms with E-state index >= 15 is 0 Å². The van der Waals surface area contributed by atoms with Gasteiger partial charge >= 0.3 is 0 Å². The summed E-state index contributed by atoms with van der Waals surface area (Å²) in [6, 6.07) is 5.33. The summed E-state index contributed by atoms with van der Waals surface area (Å²) in [6.45, 7) is 4.65. The Labute approximate surface area is 180 Å². The minimum absolute atomic E-state index is 0.143. The summed E-state index contributed by atoms with van der Waals surface area (Å²) < 4.78 is 22.4. The number of morpholine rings is 1. The van der Waals surface area contributed by atoms with Crippen LogP contribution >= 0.6 is 0 Å². The van der Waals surface area contributed by atoms with Crippen LogP contribution in [0.4, 0.5) is 10.1 Å². The average Bonchev–Trinajstić information content (AvgIpc) is 3.17. The van der Waals surface area contributed by atoms with Crippen molar-refractivity contribution in [2.75, 3.05) is 44.3 Å². The van der Waals surface area contributed by atoms with Gasteiger partial charge in [0, 0.05) is 25.7 Å². The molecule has 0 atom stereocenters. The second-order valence-electron chi connectivity index (χ2n) is 8.26. The number of halogens is 1. The van der Waals surface area contributed by atoms with Crippen LogP contribution in [0.1, 0.15) is 41.3 Å². The Balaban J connectivity index is 1.55. The molecule has 7 nitrogen and oxygen atoms in total. The molecule has 0 bridgehead atoms. The van der Waals surface area contributed by atoms with Crippen LogP contribution in [0.5, 0.6) is 0 Å². The average molecular weight is 426 g/mol. The van der Waals surface area contributed by atoms with E-state index in [9.17, 15) is 9.50 Å². The summed E-state index contributed by atoms with van der Waals surface area (Å²) in [5.74, 6) is 0.614. The predicted molar refractivity (Wildman–Crippen MR) is 116 cm³/mol. The number of rotatable bonds is 5. The topological polar surface area (TPSA) is 74.9 Å². The number of benzene rings is 1. The van der Waals surface area contributed by atoms with Gasteiger partial charge in [0.1, 0.15) is 5.82 Å². The monoisotopic (exact) mass is 425 g/mol. The minimum Gasteiger partial charge on any atom is -0.390 e. The molecule has 0 spiro atoms. The van der Waals surface area contributed by atoms with Crippen molar-refractivity contribution >= 4 is 11.5 Å². The van der Waals surface area contributed by atoms with E-state index in [1.54, 1.807) is 12.1 Å². The SMILES string of the molecule is OCc1nc2ncc(N3CCOCC3)cn2c1Cc1cccc(F)c1C1CCNCC1. The molecule has 1 aromatic carbocycles. The molecule has 2 aliphatic rings. The number of nitrogens with zero attached hydrogens (tertiary/aromatic N) is 4. The molecule has 8 heteroatoms. The van der Waals surface area contributed by atoms with Crippen molar-refractivity contribution in [3.63, 3.8) is 0 Å². The normalized spacial score (nSPS) is 18.1. The van der Waals surface area contributed by atoms with E-state index < -0.39 is 0 Å². The number of imidazole rings is 1. The van der Waals surface area contributed by atoms with Crippen LogP contribution in [0.25, 0.3) is 5.78 Å². The Morgan fingerprint density at radius 2 is 2.00 bits per heavy atom. The Kier molecular flexibility index (Phi) is 5.85. The van der Waals surface area contributed by atoms with Crippen molar-refractivity contribution in [3.8, 4) is 0 Å². The molecule has 2 aliphatic heterocycles. The van der Waals surface area contributed by atoms with Crippen LogP contribution in [0, 0.1) is 5.82 Å². The molecule has 2 aromatic heterocycles. The highest BCUT2D eigenvalue weighted by Crippen LogP contribution is 2.32. The minimum atomic E-state index is -0.177. The maximum Gasteiger partial charge on any atom is 0.234 e. The molecule has 4 heterocycles. The lowest BCUT2D eigenvalue weighted by atomic mass is 9.85. The first kappa shape index (κ1) is 20.4. The van der Waals surface area contributed by atoms with Crippen molar-refractivity contribution in [2.24, 2.45) is 0 Å². The standard InChI is InChI=1S/C23H28FN5O2/c24-19-3-1-2-17(22(19)16-4-6-25-7-5-16)12-21-20(15-30)27-23-26-13-18(14-29(21)23)28-8-10-31-11-9-28/h1-3,13-14,16,25,30H,4-12,15H2. The molecule has 5 rings (SSSR count). The zero-order valence-corrected chi connectivity index (χ0v) is 17.6. The Morgan fingerprint density at radius 3 is 2.77 bits per heavy atom. The van der Waals surface area contributed by atoms with Gasteiger partial charge in [-0.3, -0.25) is 4.40 Å². The third-order valence-corrected chi connectivity index (χ3v) is 6.42. The van der Waals surface area contributed by atoms with Crippen molar-refractivity contribution in [2.45, 2.75) is 31.8 Å². The number of piperidine rings is 1. The molecule has 0 amide bonds. The van der Waals surface area contributed by atoms with Crippen molar-refractivity contribution < 1.29 is 14.2 Å². The van der Waals surface area contributed by atoms with Crippen molar-refractivity contribution in [3.05, 3.63) is 58.9 Å². The van der Waals surface area contributed by atoms with Gasteiger partial charge in [-0.1, -0.05) is 12.1 Å². The Bertz CT molecular complexity index is 1060. The first-order valence-electron chi connectivity index (χ1n) is 11.0. The largest absolute Gasteiger partial charge is 0.390 e. The zero-order valence-electron chi connectivity index (χ0n) is 17.6. The highest BCUT2D eigenvalue weighted by Gasteiger charge is 2.24. The van der Waals surface area contributed by atoms with E-state index in [-0.39, 0.29) is 18.3 Å². The van der Waals surface area contributed by atoms with E-state index in [1.165, 1.54) is 0 Å². The lowest BCUT2D eigenvalue weighted by molar-refractivity contribution is 0.122. The lowest BCUT2D eigenvalue weighted by Gasteiger charge is -2.28. The maximum atomic E-state index is 14.9. The van der Waals surface area contributed by atoms with Gasteiger partial charge in [0.15, 0.2) is 0 Å². The van der Waals surface area contributed by atoms with Crippen LogP contribution in [0.2, 0.25) is 0 Å². The summed E-state index contributed by atoms with van der Waals surface area (Å²) in [7, 11) is 0. The summed E-state index contributed by atoms with van der Waals surface area (Å²) in [5.41, 5.74) is 4.21. The number of ether oxygens (including phenoxy) is 1. The molecule has 2 saturated heterocycles. The maximum absolute atomic E-state index is 14.9. The van der Waals surface area contributed by atoms with Crippen LogP contribution in [-0.2, 0) is 17.8 Å². The van der Waals surface area contributed by atoms with Crippen molar-refractivity contribution in [1.29, 1.82) is 0 Å². The number of aromatic nitrogens is 3. The molecule has 2 N–H and O–H groups in total. The molecule has 0 unspecified atom stereocenters. The van der Waals surface area contributed by atoms with Gasteiger partial charge in [0.25, 0.3) is 0 Å². The molecular formula is C23H28FN5O2. The highest BCUT2D eigenvalue weighted by atomic mass is 19.1. The van der Waals surface area contributed by atoms with Gasteiger partial charge in [0.2, 0.25) is 5.78 Å². The molecule has 0 aliphatic carbocycles. The second-order valence-corrected chi connectivity index (χ2v) is 8.26. The molecule has 0 saturated carbocycles. The van der Waals surface area contributed by atoms with E-state index in [4.69, 9.17) is 4.74 Å². The van der Waals surface area contributed by atoms with Gasteiger partial charge in [-0.05, 0) is 49.0 Å². The van der Waals surface area contributed by atoms with Crippen LogP contribution in [-0.4, -0.2) is 58.9 Å².